The van der Waals surface area contributed by atoms with Gasteiger partial charge in [0.15, 0.2) is 11.0 Å². The maximum atomic E-state index is 13.3. The molecule has 7 rings (SSSR count). The highest BCUT2D eigenvalue weighted by Gasteiger charge is 2.32. The van der Waals surface area contributed by atoms with Crippen molar-refractivity contribution in [2.24, 2.45) is 0 Å². The molecule has 7 aromatic rings. The molecule has 4 aromatic heterocycles. The van der Waals surface area contributed by atoms with Crippen LogP contribution in [0, 0.1) is 0 Å². The Morgan fingerprint density at radius 2 is 1.49 bits per heavy atom. The Kier molecular flexibility index (Phi) is 14.1. The van der Waals surface area contributed by atoms with Gasteiger partial charge in [0.1, 0.15) is 24.2 Å². The zero-order valence-electron chi connectivity index (χ0n) is 35.1. The van der Waals surface area contributed by atoms with Gasteiger partial charge in [0, 0.05) is 40.6 Å². The molecule has 314 valence electrons. The van der Waals surface area contributed by atoms with E-state index in [1.54, 1.807) is 31.9 Å². The van der Waals surface area contributed by atoms with Gasteiger partial charge in [-0.3, -0.25) is 19.3 Å². The Morgan fingerprint density at radius 1 is 0.803 bits per heavy atom. The number of nitrogens with one attached hydrogen (secondary N) is 2. The predicted molar refractivity (Wildman–Crippen MR) is 242 cm³/mol. The summed E-state index contributed by atoms with van der Waals surface area (Å²) in [5.74, 6) is 2.60. The maximum absolute atomic E-state index is 13.3. The third kappa shape index (κ3) is 10.7. The van der Waals surface area contributed by atoms with Gasteiger partial charge >= 0.3 is 11.0 Å². The minimum absolute atomic E-state index is 0.116. The fraction of sp³-hybridized carbons (Fsp3) is 0.283. The van der Waals surface area contributed by atoms with E-state index in [0.29, 0.717) is 53.0 Å². The standard InChI is InChI=1S/C46H50N10O3S2/c1-30(2)33-14-18-37(19-15-33)49-41(57)29-60-45-52-51-42(36-25-40(59-6)28-48-27-36)54(45)23-24-55-46(61-32(5)44(58)50-38-20-16-34(17-21-38)31(3)4)56(39-12-8-7-9-13-39)43(53-55)35-11-10-22-47-26-35/h7-22,25-28,30-32,44,50,58H,23-24,29H2,1-6H3/p+1. The molecule has 0 aliphatic heterocycles. The number of aliphatic hydroxyl groups excluding tert-OH is 1. The summed E-state index contributed by atoms with van der Waals surface area (Å²) in [6.45, 7) is 11.4. The van der Waals surface area contributed by atoms with Crippen molar-refractivity contribution >= 4 is 40.8 Å². The molecular weight excluding hydrogens is 805 g/mol. The number of nitrogens with zero attached hydrogens (tertiary/aromatic N) is 8. The summed E-state index contributed by atoms with van der Waals surface area (Å²) in [5, 5.41) is 33.3. The van der Waals surface area contributed by atoms with Crippen molar-refractivity contribution in [2.75, 3.05) is 23.5 Å². The molecular formula is C46H51N10O3S2+. The van der Waals surface area contributed by atoms with Crippen LogP contribution >= 0.6 is 23.5 Å². The molecule has 1 amide bonds. The van der Waals surface area contributed by atoms with Crippen LogP contribution in [0.15, 0.2) is 132 Å². The van der Waals surface area contributed by atoms with E-state index in [0.717, 1.165) is 27.8 Å². The quantitative estimate of drug-likeness (QED) is 0.0434. The normalized spacial score (nSPS) is 12.4. The fourth-order valence-electron chi connectivity index (χ4n) is 6.58. The van der Waals surface area contributed by atoms with Gasteiger partial charge in [0.2, 0.25) is 5.91 Å². The van der Waals surface area contributed by atoms with E-state index in [2.05, 4.69) is 75.2 Å². The Bertz CT molecular complexity index is 2510. The molecule has 0 saturated heterocycles. The predicted octanol–water partition coefficient (Wildman–Crippen LogP) is 8.47. The topological polar surface area (TPSA) is 149 Å². The van der Waals surface area contributed by atoms with E-state index in [1.807, 2.05) is 101 Å². The van der Waals surface area contributed by atoms with Gasteiger partial charge in [-0.15, -0.1) is 10.2 Å². The van der Waals surface area contributed by atoms with Gasteiger partial charge in [-0.05, 0) is 96.2 Å². The number of hydrogen-bond donors (Lipinski definition) is 3. The van der Waals surface area contributed by atoms with Crippen LogP contribution in [0.5, 0.6) is 5.75 Å². The average molecular weight is 856 g/mol. The number of hydrogen-bond acceptors (Lipinski definition) is 11. The van der Waals surface area contributed by atoms with Crippen molar-refractivity contribution in [1.82, 2.24) is 34.5 Å². The number of thioether (sulfide) groups is 2. The number of ether oxygens (including phenoxy) is 1. The molecule has 2 unspecified atom stereocenters. The van der Waals surface area contributed by atoms with Crippen LogP contribution in [-0.4, -0.2) is 69.9 Å². The number of anilines is 2. The number of aliphatic hydroxyl groups is 1. The van der Waals surface area contributed by atoms with Gasteiger partial charge in [-0.2, -0.15) is 4.57 Å². The Morgan fingerprint density at radius 3 is 2.15 bits per heavy atom. The smallest absolute Gasteiger partial charge is 0.316 e. The number of aromatic nitrogens is 8. The molecule has 0 aliphatic carbocycles. The second-order valence-corrected chi connectivity index (χ2v) is 17.4. The molecule has 2 atom stereocenters. The minimum atomic E-state index is -0.892. The Labute approximate surface area is 365 Å². The molecule has 0 spiro atoms. The van der Waals surface area contributed by atoms with Crippen LogP contribution in [-0.2, 0) is 17.9 Å². The van der Waals surface area contributed by atoms with Crippen molar-refractivity contribution in [3.05, 3.63) is 133 Å². The number of carbonyl (C=O) groups is 1. The highest BCUT2D eigenvalue weighted by Crippen LogP contribution is 2.30. The largest absolute Gasteiger partial charge is 0.495 e. The molecule has 0 aliphatic rings. The first-order valence-corrected chi connectivity index (χ1v) is 22.1. The Balaban J connectivity index is 1.22. The van der Waals surface area contributed by atoms with Gasteiger partial charge in [0.05, 0.1) is 36.4 Å². The van der Waals surface area contributed by atoms with Crippen LogP contribution < -0.4 is 19.9 Å². The van der Waals surface area contributed by atoms with E-state index in [1.165, 1.54) is 34.7 Å². The molecule has 3 aromatic carbocycles. The SMILES string of the molecule is COc1cncc(-c2nnc(SCC(=O)Nc3ccc(C(C)C)cc3)n2CCn2nc(-c3cccnc3)[n+](-c3ccccc3)c2SC(C)C(O)Nc2ccc(C(C)C)cc2)c1. The molecule has 0 radical (unpaired) electrons. The maximum Gasteiger partial charge on any atom is 0.316 e. The van der Waals surface area contributed by atoms with E-state index in [9.17, 15) is 9.90 Å². The number of rotatable bonds is 18. The lowest BCUT2D eigenvalue weighted by atomic mass is 10.0. The van der Waals surface area contributed by atoms with Crippen LogP contribution in [0.2, 0.25) is 0 Å². The lowest BCUT2D eigenvalue weighted by Crippen LogP contribution is -2.37. The number of para-hydroxylation sites is 1. The summed E-state index contributed by atoms with van der Waals surface area (Å²) >= 11 is 2.82. The van der Waals surface area contributed by atoms with Crippen LogP contribution in [0.25, 0.3) is 28.5 Å². The minimum Gasteiger partial charge on any atom is -0.495 e. The first kappa shape index (κ1) is 43.1. The van der Waals surface area contributed by atoms with Crippen LogP contribution in [0.3, 0.4) is 0 Å². The zero-order valence-corrected chi connectivity index (χ0v) is 36.8. The first-order chi connectivity index (χ1) is 29.6. The lowest BCUT2D eigenvalue weighted by Gasteiger charge is -2.20. The summed E-state index contributed by atoms with van der Waals surface area (Å²) in [6, 6.07) is 31.9. The van der Waals surface area contributed by atoms with Crippen molar-refractivity contribution in [1.29, 1.82) is 0 Å². The molecule has 3 N–H and O–H groups in total. The second-order valence-electron chi connectivity index (χ2n) is 15.1. The summed E-state index contributed by atoms with van der Waals surface area (Å²) < 4.78 is 11.5. The van der Waals surface area contributed by atoms with E-state index in [-0.39, 0.29) is 16.9 Å². The van der Waals surface area contributed by atoms with E-state index >= 15 is 0 Å². The van der Waals surface area contributed by atoms with Crippen molar-refractivity contribution in [3.63, 3.8) is 0 Å². The summed E-state index contributed by atoms with van der Waals surface area (Å²) in [7, 11) is 1.59. The molecule has 0 fully saturated rings. The van der Waals surface area contributed by atoms with Gasteiger partial charge in [0.25, 0.3) is 0 Å². The zero-order chi connectivity index (χ0) is 42.9. The third-order valence-electron chi connectivity index (χ3n) is 10.1. The highest BCUT2D eigenvalue weighted by atomic mass is 32.2. The summed E-state index contributed by atoms with van der Waals surface area (Å²) in [5.41, 5.74) is 6.45. The van der Waals surface area contributed by atoms with Gasteiger partial charge < -0.3 is 20.5 Å². The molecule has 61 heavy (non-hydrogen) atoms. The van der Waals surface area contributed by atoms with E-state index in [4.69, 9.17) is 9.84 Å². The lowest BCUT2D eigenvalue weighted by molar-refractivity contribution is -0.626. The number of carbonyl (C=O) groups excluding carboxylic acids is 1. The number of aryl methyl sites for hydroxylation is 1. The van der Waals surface area contributed by atoms with Crippen molar-refractivity contribution in [3.8, 4) is 34.2 Å². The Hall–Kier alpha value is -6.03. The molecule has 13 nitrogen and oxygen atoms in total. The van der Waals surface area contributed by atoms with Crippen LogP contribution in [0.4, 0.5) is 11.4 Å². The van der Waals surface area contributed by atoms with E-state index < -0.39 is 6.23 Å². The highest BCUT2D eigenvalue weighted by molar-refractivity contribution is 8.00. The number of amides is 1. The third-order valence-corrected chi connectivity index (χ3v) is 12.3. The summed E-state index contributed by atoms with van der Waals surface area (Å²) in [6.07, 6.45) is 6.00. The van der Waals surface area contributed by atoms with Gasteiger partial charge in [-0.25, -0.2) is 0 Å². The molecule has 0 bridgehead atoms. The number of pyridine rings is 2. The first-order valence-electron chi connectivity index (χ1n) is 20.2. The summed E-state index contributed by atoms with van der Waals surface area (Å²) in [4.78, 5) is 22.1. The molecule has 4 heterocycles. The van der Waals surface area contributed by atoms with Crippen molar-refractivity contribution < 1.29 is 19.2 Å². The fourth-order valence-corrected chi connectivity index (χ4v) is 8.42. The second kappa shape index (κ2) is 20.0. The van der Waals surface area contributed by atoms with Crippen LogP contribution in [0.1, 0.15) is 57.6 Å². The van der Waals surface area contributed by atoms with Gasteiger partial charge in [-0.1, -0.05) is 86.6 Å². The molecule has 15 heteroatoms. The van der Waals surface area contributed by atoms with Crippen molar-refractivity contribution in [2.45, 2.75) is 81.3 Å². The number of benzene rings is 3. The molecule has 0 saturated carbocycles. The monoisotopic (exact) mass is 855 g/mol. The average Bonchev–Trinajstić information content (AvgIpc) is 3.86. The number of methoxy groups -OCH3 is 1.